The topological polar surface area (TPSA) is 119 Å². The molecule has 4 N–H and O–H groups in total. The molecule has 114 valence electrons. The van der Waals surface area contributed by atoms with Gasteiger partial charge in [0.1, 0.15) is 6.54 Å². The lowest BCUT2D eigenvalue weighted by Gasteiger charge is -2.28. The summed E-state index contributed by atoms with van der Waals surface area (Å²) in [6.45, 7) is -0.652. The normalized spacial score (nSPS) is 14.8. The second kappa shape index (κ2) is 8.36. The molecule has 0 heterocycles. The summed E-state index contributed by atoms with van der Waals surface area (Å²) >= 11 is 0. The van der Waals surface area contributed by atoms with Gasteiger partial charge in [0.25, 0.3) is 0 Å². The van der Waals surface area contributed by atoms with E-state index in [-0.39, 0.29) is 25.7 Å². The lowest BCUT2D eigenvalue weighted by Crippen LogP contribution is -2.49. The van der Waals surface area contributed by atoms with E-state index >= 15 is 0 Å². The van der Waals surface area contributed by atoms with Crippen molar-refractivity contribution in [2.24, 2.45) is 0 Å². The molecule has 0 aliphatic heterocycles. The number of carboxylic acid groups (broad SMARTS) is 1. The van der Waals surface area contributed by atoms with Crippen LogP contribution in [0.1, 0.15) is 25.7 Å². The van der Waals surface area contributed by atoms with Gasteiger partial charge in [-0.3, -0.25) is 9.59 Å². The number of hydrogen-bond donors (Lipinski definition) is 4. The highest BCUT2D eigenvalue weighted by Gasteiger charge is 2.26. The van der Waals surface area contributed by atoms with Crippen molar-refractivity contribution in [2.45, 2.75) is 31.7 Å². The number of hydrogen-bond acceptors (Lipinski definition) is 4. The van der Waals surface area contributed by atoms with Crippen LogP contribution in [0.4, 0.5) is 4.79 Å². The first-order valence-electron chi connectivity index (χ1n) is 6.68. The smallest absolute Gasteiger partial charge is 0.322 e. The Hall–Kier alpha value is -1.83. The summed E-state index contributed by atoms with van der Waals surface area (Å²) in [6.07, 6.45) is 3.91. The lowest BCUT2D eigenvalue weighted by atomic mass is 10.2. The summed E-state index contributed by atoms with van der Waals surface area (Å²) in [6, 6.07) is -0.305. The maximum absolute atomic E-state index is 12.0. The fourth-order valence-corrected chi connectivity index (χ4v) is 2.27. The lowest BCUT2D eigenvalue weighted by molar-refractivity contribution is -0.137. The summed E-state index contributed by atoms with van der Waals surface area (Å²) in [5.74, 6) is -1.70. The Morgan fingerprint density at radius 2 is 1.75 bits per heavy atom. The summed E-state index contributed by atoms with van der Waals surface area (Å²) in [7, 11) is 0. The van der Waals surface area contributed by atoms with E-state index in [0.29, 0.717) is 0 Å². The number of urea groups is 1. The highest BCUT2D eigenvalue weighted by molar-refractivity contribution is 5.86. The van der Waals surface area contributed by atoms with Gasteiger partial charge in [-0.2, -0.15) is 0 Å². The molecule has 1 fully saturated rings. The second-order valence-electron chi connectivity index (χ2n) is 4.68. The maximum atomic E-state index is 12.0. The molecular formula is C12H21N3O5. The molecule has 20 heavy (non-hydrogen) atoms. The monoisotopic (exact) mass is 287 g/mol. The average Bonchev–Trinajstić information content (AvgIpc) is 2.93. The molecule has 1 rings (SSSR count). The van der Waals surface area contributed by atoms with Gasteiger partial charge in [-0.1, -0.05) is 12.8 Å². The van der Waals surface area contributed by atoms with Crippen LogP contribution in [0, 0.1) is 0 Å². The number of nitrogens with zero attached hydrogens (tertiary/aromatic N) is 1. The molecule has 0 aromatic carbocycles. The first-order valence-corrected chi connectivity index (χ1v) is 6.68. The number of aliphatic carboxylic acids is 1. The van der Waals surface area contributed by atoms with Gasteiger partial charge in [-0.25, -0.2) is 4.79 Å². The van der Waals surface area contributed by atoms with Gasteiger partial charge >= 0.3 is 12.0 Å². The van der Waals surface area contributed by atoms with E-state index in [9.17, 15) is 14.4 Å². The molecular weight excluding hydrogens is 266 g/mol. The molecule has 0 aromatic heterocycles. The number of rotatable bonds is 7. The zero-order chi connectivity index (χ0) is 15.0. The molecule has 8 heteroatoms. The van der Waals surface area contributed by atoms with Crippen molar-refractivity contribution >= 4 is 17.9 Å². The van der Waals surface area contributed by atoms with Crippen LogP contribution in [0.5, 0.6) is 0 Å². The molecule has 0 unspecified atom stereocenters. The first kappa shape index (κ1) is 16.2. The van der Waals surface area contributed by atoms with E-state index in [1.165, 1.54) is 4.90 Å². The minimum Gasteiger partial charge on any atom is -0.480 e. The second-order valence-corrected chi connectivity index (χ2v) is 4.68. The zero-order valence-corrected chi connectivity index (χ0v) is 11.3. The van der Waals surface area contributed by atoms with Crippen LogP contribution < -0.4 is 10.6 Å². The van der Waals surface area contributed by atoms with Crippen molar-refractivity contribution in [3.63, 3.8) is 0 Å². The van der Waals surface area contributed by atoms with Gasteiger partial charge in [0, 0.05) is 12.6 Å². The third-order valence-electron chi connectivity index (χ3n) is 3.20. The third-order valence-corrected chi connectivity index (χ3v) is 3.20. The van der Waals surface area contributed by atoms with Crippen LogP contribution in [0.3, 0.4) is 0 Å². The van der Waals surface area contributed by atoms with Crippen molar-refractivity contribution in [3.05, 3.63) is 0 Å². The number of amides is 3. The van der Waals surface area contributed by atoms with Gasteiger partial charge < -0.3 is 25.7 Å². The molecule has 1 saturated carbocycles. The molecule has 3 amide bonds. The average molecular weight is 287 g/mol. The van der Waals surface area contributed by atoms with Gasteiger partial charge in [-0.15, -0.1) is 0 Å². The van der Waals surface area contributed by atoms with Gasteiger partial charge in [-0.05, 0) is 12.8 Å². The van der Waals surface area contributed by atoms with E-state index in [1.807, 2.05) is 0 Å². The van der Waals surface area contributed by atoms with E-state index in [1.54, 1.807) is 0 Å². The summed E-state index contributed by atoms with van der Waals surface area (Å²) in [5, 5.41) is 22.0. The summed E-state index contributed by atoms with van der Waals surface area (Å²) in [4.78, 5) is 35.1. The molecule has 0 atom stereocenters. The van der Waals surface area contributed by atoms with Crippen LogP contribution >= 0.6 is 0 Å². The third kappa shape index (κ3) is 5.43. The van der Waals surface area contributed by atoms with Crippen LogP contribution in [0.25, 0.3) is 0 Å². The number of carboxylic acids is 1. The van der Waals surface area contributed by atoms with Crippen molar-refractivity contribution in [1.82, 2.24) is 15.5 Å². The van der Waals surface area contributed by atoms with Gasteiger partial charge in [0.2, 0.25) is 5.91 Å². The number of carbonyl (C=O) groups is 3. The number of nitrogens with one attached hydrogen (secondary N) is 2. The predicted octanol–water partition coefficient (Wildman–Crippen LogP) is -0.866. The Balaban J connectivity index is 2.37. The highest BCUT2D eigenvalue weighted by atomic mass is 16.4. The highest BCUT2D eigenvalue weighted by Crippen LogP contribution is 2.23. The number of carbonyl (C=O) groups excluding carboxylic acids is 2. The standard InChI is InChI=1S/C12H21N3O5/c16-6-5-15(9-3-1-2-4-9)12(20)14-7-10(17)13-8-11(18)19/h9,16H,1-8H2,(H,13,17)(H,14,20)(H,18,19). The molecule has 1 aliphatic rings. The van der Waals surface area contributed by atoms with Crippen LogP contribution in [-0.2, 0) is 9.59 Å². The Morgan fingerprint density at radius 1 is 1.10 bits per heavy atom. The summed E-state index contributed by atoms with van der Waals surface area (Å²) < 4.78 is 0. The molecule has 0 radical (unpaired) electrons. The summed E-state index contributed by atoms with van der Waals surface area (Å²) in [5.41, 5.74) is 0. The molecule has 0 bridgehead atoms. The van der Waals surface area contributed by atoms with Crippen LogP contribution in [0.15, 0.2) is 0 Å². The predicted molar refractivity (Wildman–Crippen MR) is 70.1 cm³/mol. The van der Waals surface area contributed by atoms with Crippen molar-refractivity contribution < 1.29 is 24.6 Å². The molecule has 0 spiro atoms. The Morgan fingerprint density at radius 3 is 2.30 bits per heavy atom. The van der Waals surface area contributed by atoms with Gasteiger partial charge in [0.05, 0.1) is 13.2 Å². The minimum absolute atomic E-state index is 0.101. The van der Waals surface area contributed by atoms with Crippen LogP contribution in [0.2, 0.25) is 0 Å². The Kier molecular flexibility index (Phi) is 6.78. The van der Waals surface area contributed by atoms with E-state index in [4.69, 9.17) is 10.2 Å². The molecule has 1 aliphatic carbocycles. The Labute approximate surface area is 117 Å². The maximum Gasteiger partial charge on any atom is 0.322 e. The van der Waals surface area contributed by atoms with Crippen molar-refractivity contribution in [2.75, 3.05) is 26.2 Å². The quantitative estimate of drug-likeness (QED) is 0.485. The zero-order valence-electron chi connectivity index (χ0n) is 11.3. The minimum atomic E-state index is -1.14. The largest absolute Gasteiger partial charge is 0.480 e. The van der Waals surface area contributed by atoms with Crippen molar-refractivity contribution in [3.8, 4) is 0 Å². The van der Waals surface area contributed by atoms with E-state index in [2.05, 4.69) is 10.6 Å². The van der Waals surface area contributed by atoms with E-state index in [0.717, 1.165) is 25.7 Å². The van der Waals surface area contributed by atoms with E-state index < -0.39 is 24.5 Å². The van der Waals surface area contributed by atoms with Crippen molar-refractivity contribution in [1.29, 1.82) is 0 Å². The number of aliphatic hydroxyl groups excluding tert-OH is 1. The molecule has 0 saturated heterocycles. The first-order chi connectivity index (χ1) is 9.54. The number of aliphatic hydroxyl groups is 1. The molecule has 8 nitrogen and oxygen atoms in total. The fraction of sp³-hybridized carbons (Fsp3) is 0.750. The molecule has 0 aromatic rings. The SMILES string of the molecule is O=C(O)CNC(=O)CNC(=O)N(CCO)C1CCCC1. The Bertz CT molecular complexity index is 355. The van der Waals surface area contributed by atoms with Crippen LogP contribution in [-0.4, -0.2) is 65.3 Å². The fourth-order valence-electron chi connectivity index (χ4n) is 2.27. The van der Waals surface area contributed by atoms with Gasteiger partial charge in [0.15, 0.2) is 0 Å².